The first-order valence-electron chi connectivity index (χ1n) is 7.13. The average molecular weight is 247 g/mol. The van der Waals surface area contributed by atoms with E-state index in [2.05, 4.69) is 36.2 Å². The fourth-order valence-corrected chi connectivity index (χ4v) is 2.90. The van der Waals surface area contributed by atoms with Crippen LogP contribution in [0.2, 0.25) is 0 Å². The number of aryl methyl sites for hydroxylation is 1. The Hall–Kier alpha value is -1.09. The summed E-state index contributed by atoms with van der Waals surface area (Å²) in [6.45, 7) is 6.45. The van der Waals surface area contributed by atoms with E-state index in [4.69, 9.17) is 4.98 Å². The molecule has 3 nitrogen and oxygen atoms in total. The van der Waals surface area contributed by atoms with Gasteiger partial charge >= 0.3 is 0 Å². The number of anilines is 1. The van der Waals surface area contributed by atoms with Crippen molar-refractivity contribution in [2.24, 2.45) is 0 Å². The van der Waals surface area contributed by atoms with Crippen molar-refractivity contribution < 1.29 is 0 Å². The van der Waals surface area contributed by atoms with Gasteiger partial charge in [0, 0.05) is 24.8 Å². The third-order valence-electron chi connectivity index (χ3n) is 3.77. The highest BCUT2D eigenvalue weighted by Crippen LogP contribution is 2.26. The van der Waals surface area contributed by atoms with Gasteiger partial charge in [-0.25, -0.2) is 4.98 Å². The second-order valence-corrected chi connectivity index (χ2v) is 5.26. The molecule has 2 heterocycles. The van der Waals surface area contributed by atoms with E-state index < -0.39 is 0 Å². The quantitative estimate of drug-likeness (QED) is 0.886. The largest absolute Gasteiger partial charge is 0.354 e. The van der Waals surface area contributed by atoms with Crippen molar-refractivity contribution in [1.82, 2.24) is 10.3 Å². The van der Waals surface area contributed by atoms with Crippen LogP contribution in [0.1, 0.15) is 43.9 Å². The third-order valence-corrected chi connectivity index (χ3v) is 3.77. The first kappa shape index (κ1) is 13.3. The molecule has 1 N–H and O–H groups in total. The van der Waals surface area contributed by atoms with Crippen molar-refractivity contribution in [3.63, 3.8) is 0 Å². The van der Waals surface area contributed by atoms with Gasteiger partial charge in [0.2, 0.25) is 0 Å². The summed E-state index contributed by atoms with van der Waals surface area (Å²) in [5.41, 5.74) is 2.46. The lowest BCUT2D eigenvalue weighted by Crippen LogP contribution is -2.39. The predicted octanol–water partition coefficient (Wildman–Crippen LogP) is 2.88. The SMILES string of the molecule is CCC1CCCCN1c1cc(CNC)cc(C)n1. The molecule has 100 valence electrons. The van der Waals surface area contributed by atoms with Gasteiger partial charge in [-0.1, -0.05) is 6.92 Å². The highest BCUT2D eigenvalue weighted by molar-refractivity contribution is 5.44. The lowest BCUT2D eigenvalue weighted by molar-refractivity contribution is 0.446. The van der Waals surface area contributed by atoms with Crippen molar-refractivity contribution in [2.75, 3.05) is 18.5 Å². The molecule has 1 saturated heterocycles. The van der Waals surface area contributed by atoms with Crippen LogP contribution in [0, 0.1) is 6.92 Å². The van der Waals surface area contributed by atoms with Gasteiger partial charge in [0.25, 0.3) is 0 Å². The maximum atomic E-state index is 4.74. The maximum absolute atomic E-state index is 4.74. The van der Waals surface area contributed by atoms with Crippen molar-refractivity contribution in [1.29, 1.82) is 0 Å². The van der Waals surface area contributed by atoms with Crippen LogP contribution < -0.4 is 10.2 Å². The lowest BCUT2D eigenvalue weighted by Gasteiger charge is -2.36. The first-order chi connectivity index (χ1) is 8.74. The molecule has 18 heavy (non-hydrogen) atoms. The second kappa shape index (κ2) is 6.19. The van der Waals surface area contributed by atoms with Gasteiger partial charge in [-0.15, -0.1) is 0 Å². The first-order valence-corrected chi connectivity index (χ1v) is 7.13. The average Bonchev–Trinajstić information content (AvgIpc) is 2.38. The minimum absolute atomic E-state index is 0.676. The van der Waals surface area contributed by atoms with Crippen molar-refractivity contribution in [3.05, 3.63) is 23.4 Å². The second-order valence-electron chi connectivity index (χ2n) is 5.26. The van der Waals surface area contributed by atoms with E-state index >= 15 is 0 Å². The summed E-state index contributed by atoms with van der Waals surface area (Å²) in [6.07, 6.45) is 5.20. The number of hydrogen-bond acceptors (Lipinski definition) is 3. The molecule has 0 aromatic carbocycles. The molecule has 0 spiro atoms. The van der Waals surface area contributed by atoms with Gasteiger partial charge in [-0.05, 0) is 57.4 Å². The molecule has 0 aliphatic carbocycles. The normalized spacial score (nSPS) is 20.2. The Kier molecular flexibility index (Phi) is 4.59. The Bertz CT molecular complexity index is 389. The van der Waals surface area contributed by atoms with Gasteiger partial charge in [-0.3, -0.25) is 0 Å². The zero-order valence-electron chi connectivity index (χ0n) is 11.9. The number of rotatable bonds is 4. The van der Waals surface area contributed by atoms with Gasteiger partial charge in [0.1, 0.15) is 5.82 Å². The smallest absolute Gasteiger partial charge is 0.129 e. The van der Waals surface area contributed by atoms with Crippen LogP contribution in [0.25, 0.3) is 0 Å². The van der Waals surface area contributed by atoms with E-state index in [0.717, 1.165) is 18.8 Å². The molecule has 1 fully saturated rings. The van der Waals surface area contributed by atoms with Crippen molar-refractivity contribution in [2.45, 2.75) is 52.1 Å². The summed E-state index contributed by atoms with van der Waals surface area (Å²) >= 11 is 0. The van der Waals surface area contributed by atoms with Gasteiger partial charge in [0.15, 0.2) is 0 Å². The molecule has 1 atom stereocenters. The monoisotopic (exact) mass is 247 g/mol. The summed E-state index contributed by atoms with van der Waals surface area (Å²) in [7, 11) is 1.99. The Morgan fingerprint density at radius 3 is 2.94 bits per heavy atom. The molecule has 0 saturated carbocycles. The highest BCUT2D eigenvalue weighted by Gasteiger charge is 2.22. The maximum Gasteiger partial charge on any atom is 0.129 e. The molecular formula is C15H25N3. The molecule has 1 aromatic heterocycles. The number of pyridine rings is 1. The third kappa shape index (κ3) is 3.02. The molecular weight excluding hydrogens is 222 g/mol. The molecule has 0 amide bonds. The summed E-state index contributed by atoms with van der Waals surface area (Å²) in [6, 6.07) is 5.10. The van der Waals surface area contributed by atoms with Gasteiger partial charge in [0.05, 0.1) is 0 Å². The molecule has 3 heteroatoms. The Morgan fingerprint density at radius 1 is 1.39 bits per heavy atom. The minimum Gasteiger partial charge on any atom is -0.354 e. The molecule has 1 aromatic rings. The molecule has 1 aliphatic rings. The summed E-state index contributed by atoms with van der Waals surface area (Å²) in [5.74, 6) is 1.17. The van der Waals surface area contributed by atoms with Crippen molar-refractivity contribution in [3.8, 4) is 0 Å². The Labute approximate surface area is 111 Å². The van der Waals surface area contributed by atoms with Crippen LogP contribution in [-0.4, -0.2) is 24.6 Å². The molecule has 0 radical (unpaired) electrons. The standard InChI is InChI=1S/C15H25N3/c1-4-14-7-5-6-8-18(14)15-10-13(11-16-3)9-12(2)17-15/h9-10,14,16H,4-8,11H2,1-3H3. The molecule has 2 rings (SSSR count). The van der Waals surface area contributed by atoms with Crippen LogP contribution in [0.5, 0.6) is 0 Å². The van der Waals surface area contributed by atoms with E-state index in [1.807, 2.05) is 7.05 Å². The van der Waals surface area contributed by atoms with Gasteiger partial charge in [-0.2, -0.15) is 0 Å². The number of nitrogens with zero attached hydrogens (tertiary/aromatic N) is 2. The lowest BCUT2D eigenvalue weighted by atomic mass is 10.00. The summed E-state index contributed by atoms with van der Waals surface area (Å²) in [5, 5.41) is 3.22. The zero-order valence-corrected chi connectivity index (χ0v) is 11.9. The Balaban J connectivity index is 2.24. The van der Waals surface area contributed by atoms with Crippen LogP contribution >= 0.6 is 0 Å². The van der Waals surface area contributed by atoms with Crippen molar-refractivity contribution >= 4 is 5.82 Å². The summed E-state index contributed by atoms with van der Waals surface area (Å²) < 4.78 is 0. The highest BCUT2D eigenvalue weighted by atomic mass is 15.2. The number of aromatic nitrogens is 1. The van der Waals surface area contributed by atoms with E-state index in [0.29, 0.717) is 6.04 Å². The van der Waals surface area contributed by atoms with E-state index in [9.17, 15) is 0 Å². The van der Waals surface area contributed by atoms with E-state index in [-0.39, 0.29) is 0 Å². The van der Waals surface area contributed by atoms with Crippen LogP contribution in [0.4, 0.5) is 5.82 Å². The fourth-order valence-electron chi connectivity index (χ4n) is 2.90. The number of nitrogens with one attached hydrogen (secondary N) is 1. The molecule has 1 unspecified atom stereocenters. The topological polar surface area (TPSA) is 28.2 Å². The summed E-state index contributed by atoms with van der Waals surface area (Å²) in [4.78, 5) is 7.25. The number of piperidine rings is 1. The fraction of sp³-hybridized carbons (Fsp3) is 0.667. The number of hydrogen-bond donors (Lipinski definition) is 1. The molecule has 0 bridgehead atoms. The van der Waals surface area contributed by atoms with Crippen LogP contribution in [-0.2, 0) is 6.54 Å². The molecule has 1 aliphatic heterocycles. The van der Waals surface area contributed by atoms with Gasteiger partial charge < -0.3 is 10.2 Å². The predicted molar refractivity (Wildman–Crippen MR) is 77.0 cm³/mol. The zero-order chi connectivity index (χ0) is 13.0. The minimum atomic E-state index is 0.676. The van der Waals surface area contributed by atoms with E-state index in [1.165, 1.54) is 37.1 Å². The van der Waals surface area contributed by atoms with E-state index in [1.54, 1.807) is 0 Å². The van der Waals surface area contributed by atoms with Crippen LogP contribution in [0.15, 0.2) is 12.1 Å². The Morgan fingerprint density at radius 2 is 2.22 bits per heavy atom. The van der Waals surface area contributed by atoms with Crippen LogP contribution in [0.3, 0.4) is 0 Å².